The molecule has 2 aromatic rings. The van der Waals surface area contributed by atoms with Crippen molar-refractivity contribution in [3.8, 4) is 0 Å². The van der Waals surface area contributed by atoms with Gasteiger partial charge in [0.2, 0.25) is 11.8 Å². The molecule has 6 nitrogen and oxygen atoms in total. The van der Waals surface area contributed by atoms with E-state index in [-0.39, 0.29) is 21.9 Å². The maximum atomic E-state index is 13.1. The Balaban J connectivity index is 2.45. The Hall–Kier alpha value is -2.93. The molecule has 1 aromatic carbocycles. The molecule has 0 bridgehead atoms. The van der Waals surface area contributed by atoms with Crippen molar-refractivity contribution in [2.24, 2.45) is 4.99 Å². The number of carbonyl (C=O) groups excluding carboxylic acids is 1. The fourth-order valence-corrected chi connectivity index (χ4v) is 2.93. The molecule has 0 aliphatic carbocycles. The lowest BCUT2D eigenvalue weighted by atomic mass is 9.88. The Morgan fingerprint density at radius 2 is 1.82 bits per heavy atom. The minimum atomic E-state index is -0.814. The number of pyridine rings is 1. The number of hydrogen-bond acceptors (Lipinski definition) is 5. The van der Waals surface area contributed by atoms with Crippen LogP contribution in [-0.2, 0) is 18.0 Å². The van der Waals surface area contributed by atoms with Crippen LogP contribution in [0.25, 0.3) is 0 Å². The second kappa shape index (κ2) is 8.84. The van der Waals surface area contributed by atoms with E-state index in [9.17, 15) is 14.9 Å². The van der Waals surface area contributed by atoms with Gasteiger partial charge < -0.3 is 17.6 Å². The van der Waals surface area contributed by atoms with Gasteiger partial charge in [-0.25, -0.2) is 0 Å². The fourth-order valence-electron chi connectivity index (χ4n) is 2.63. The van der Waals surface area contributed by atoms with Gasteiger partial charge in [-0.2, -0.15) is 4.57 Å². The highest BCUT2D eigenvalue weighted by molar-refractivity contribution is 7.77. The van der Waals surface area contributed by atoms with E-state index in [4.69, 9.17) is 12.6 Å². The highest BCUT2D eigenvalue weighted by Gasteiger charge is 2.29. The number of benzene rings is 1. The van der Waals surface area contributed by atoms with E-state index in [0.717, 1.165) is 5.56 Å². The molecule has 0 saturated heterocycles. The van der Waals surface area contributed by atoms with Crippen LogP contribution in [0.4, 0.5) is 5.69 Å². The zero-order valence-electron chi connectivity index (χ0n) is 16.2. The van der Waals surface area contributed by atoms with E-state index in [1.807, 2.05) is 24.5 Å². The fraction of sp³-hybridized carbons (Fsp3) is 0.286. The minimum Gasteiger partial charge on any atom is -0.758 e. The molecule has 146 valence electrons. The number of Topliss-reactive ketones (excluding diaryl/α,β-unsaturated/α-hetero) is 1. The molecule has 1 atom stereocenters. The van der Waals surface area contributed by atoms with Crippen LogP contribution in [0.3, 0.4) is 0 Å². The molecule has 0 amide bonds. The van der Waals surface area contributed by atoms with E-state index >= 15 is 0 Å². The molecule has 0 spiro atoms. The Morgan fingerprint density at radius 3 is 2.29 bits per heavy atom. The van der Waals surface area contributed by atoms with E-state index in [1.54, 1.807) is 10.6 Å². The molecule has 2 rings (SSSR count). The first kappa shape index (κ1) is 21.4. The van der Waals surface area contributed by atoms with Crippen molar-refractivity contribution in [3.05, 3.63) is 82.7 Å². The minimum absolute atomic E-state index is 0.0231. The highest BCUT2D eigenvalue weighted by atomic mass is 32.1. The largest absolute Gasteiger partial charge is 0.758 e. The summed E-state index contributed by atoms with van der Waals surface area (Å²) in [5.74, 6) is -0.277. The molecule has 1 heterocycles. The lowest BCUT2D eigenvalue weighted by molar-refractivity contribution is -0.692. The first-order valence-electron chi connectivity index (χ1n) is 8.77. The third-order valence-corrected chi connectivity index (χ3v) is 4.59. The van der Waals surface area contributed by atoms with Crippen molar-refractivity contribution in [3.63, 3.8) is 0 Å². The Kier molecular flexibility index (Phi) is 6.75. The normalized spacial score (nSPS) is 13.0. The van der Waals surface area contributed by atoms with Crippen LogP contribution < -0.4 is 4.57 Å². The maximum Gasteiger partial charge on any atom is 0.269 e. The average molecular weight is 398 g/mol. The van der Waals surface area contributed by atoms with Gasteiger partial charge in [-0.15, -0.1) is 6.58 Å². The summed E-state index contributed by atoms with van der Waals surface area (Å²) in [6.45, 7) is 10.3. The molecule has 1 aromatic heterocycles. The van der Waals surface area contributed by atoms with Gasteiger partial charge in [-0.1, -0.05) is 26.8 Å². The Labute approximate surface area is 170 Å². The number of aliphatic imine (C=N–C) groups is 1. The van der Waals surface area contributed by atoms with Gasteiger partial charge in [0.25, 0.3) is 5.69 Å². The summed E-state index contributed by atoms with van der Waals surface area (Å²) in [6, 6.07) is 8.58. The Bertz CT molecular complexity index is 898. The number of nitrogens with zero attached hydrogens (tertiary/aromatic N) is 3. The van der Waals surface area contributed by atoms with Gasteiger partial charge in [0.05, 0.1) is 11.5 Å². The number of carbonyl (C=O) groups is 1. The summed E-state index contributed by atoms with van der Waals surface area (Å²) in [5.41, 5.74) is 1.36. The van der Waals surface area contributed by atoms with Gasteiger partial charge in [0, 0.05) is 29.8 Å². The molecule has 0 radical (unpaired) electrons. The molecular formula is C21H23N3O3S. The first-order valence-corrected chi connectivity index (χ1v) is 9.18. The Morgan fingerprint density at radius 1 is 1.25 bits per heavy atom. The van der Waals surface area contributed by atoms with Gasteiger partial charge in [-0.3, -0.25) is 14.9 Å². The zero-order chi connectivity index (χ0) is 20.9. The van der Waals surface area contributed by atoms with Crippen molar-refractivity contribution < 1.29 is 14.3 Å². The molecule has 0 unspecified atom stereocenters. The standard InChI is InChI=1S/C21H23N3O3S/c1-5-12-22-20(28)18(23-13-10-16(11-14-23)21(2,3)4)19(25)15-6-8-17(9-7-15)24(26)27/h5-11,13-14,18H,1,12H2,2-4H3/t18-/m0/s1. The third kappa shape index (κ3) is 5.07. The number of nitro groups is 1. The van der Waals surface area contributed by atoms with Crippen molar-refractivity contribution in [1.82, 2.24) is 0 Å². The summed E-state index contributed by atoms with van der Waals surface area (Å²) in [7, 11) is 0. The molecule has 0 N–H and O–H groups in total. The predicted molar refractivity (Wildman–Crippen MR) is 112 cm³/mol. The van der Waals surface area contributed by atoms with Crippen molar-refractivity contribution >= 4 is 29.1 Å². The summed E-state index contributed by atoms with van der Waals surface area (Å²) >= 11 is 5.41. The second-order valence-electron chi connectivity index (χ2n) is 7.32. The summed E-state index contributed by atoms with van der Waals surface area (Å²) < 4.78 is 1.72. The van der Waals surface area contributed by atoms with E-state index in [1.165, 1.54) is 24.3 Å². The van der Waals surface area contributed by atoms with E-state index in [0.29, 0.717) is 12.1 Å². The monoisotopic (exact) mass is 397 g/mol. The number of ketones is 1. The quantitative estimate of drug-likeness (QED) is 0.104. The van der Waals surface area contributed by atoms with Crippen LogP contribution in [0.1, 0.15) is 42.7 Å². The molecule has 0 aliphatic heterocycles. The maximum absolute atomic E-state index is 13.1. The van der Waals surface area contributed by atoms with Crippen LogP contribution in [0.5, 0.6) is 0 Å². The highest BCUT2D eigenvalue weighted by Crippen LogP contribution is 2.21. The van der Waals surface area contributed by atoms with Crippen LogP contribution >= 0.6 is 0 Å². The van der Waals surface area contributed by atoms with E-state index in [2.05, 4.69) is 32.3 Å². The molecular weight excluding hydrogens is 374 g/mol. The van der Waals surface area contributed by atoms with Crippen LogP contribution in [0.2, 0.25) is 0 Å². The number of hydrogen-bond donors (Lipinski definition) is 0. The van der Waals surface area contributed by atoms with Crippen LogP contribution in [0.15, 0.2) is 66.4 Å². The molecule has 28 heavy (non-hydrogen) atoms. The first-order chi connectivity index (χ1) is 13.1. The molecule has 0 aliphatic rings. The summed E-state index contributed by atoms with van der Waals surface area (Å²) in [5, 5.41) is 11.1. The van der Waals surface area contributed by atoms with Gasteiger partial charge in [-0.05, 0) is 28.2 Å². The van der Waals surface area contributed by atoms with E-state index < -0.39 is 11.0 Å². The SMILES string of the molecule is C=CCN=C([S-])[C@H](C(=O)c1ccc([N+](=O)[O-])cc1)[n+]1ccc(C(C)(C)C)cc1. The molecule has 0 saturated carbocycles. The van der Waals surface area contributed by atoms with Crippen LogP contribution in [0, 0.1) is 10.1 Å². The number of rotatable bonds is 7. The van der Waals surface area contributed by atoms with Crippen molar-refractivity contribution in [2.75, 3.05) is 6.54 Å². The van der Waals surface area contributed by atoms with Crippen molar-refractivity contribution in [1.29, 1.82) is 0 Å². The zero-order valence-corrected chi connectivity index (χ0v) is 17.0. The molecule has 7 heteroatoms. The molecule has 0 fully saturated rings. The second-order valence-corrected chi connectivity index (χ2v) is 7.74. The van der Waals surface area contributed by atoms with Gasteiger partial charge in [0.1, 0.15) is 0 Å². The topological polar surface area (TPSA) is 76.4 Å². The van der Waals surface area contributed by atoms with Gasteiger partial charge in [0.15, 0.2) is 12.4 Å². The van der Waals surface area contributed by atoms with Crippen LogP contribution in [-0.4, -0.2) is 22.3 Å². The lowest BCUT2D eigenvalue weighted by Gasteiger charge is -2.21. The smallest absolute Gasteiger partial charge is 0.269 e. The summed E-state index contributed by atoms with van der Waals surface area (Å²) in [6.07, 6.45) is 5.22. The predicted octanol–water partition coefficient (Wildman–Crippen LogP) is 3.74. The number of aromatic nitrogens is 1. The average Bonchev–Trinajstić information content (AvgIpc) is 2.66. The number of nitro benzene ring substituents is 1. The van der Waals surface area contributed by atoms with Crippen molar-refractivity contribution in [2.45, 2.75) is 32.2 Å². The number of non-ortho nitro benzene ring substituents is 1. The summed E-state index contributed by atoms with van der Waals surface area (Å²) in [4.78, 5) is 27.7. The van der Waals surface area contributed by atoms with Gasteiger partial charge >= 0.3 is 0 Å². The third-order valence-electron chi connectivity index (χ3n) is 4.24. The lowest BCUT2D eigenvalue weighted by Crippen LogP contribution is -2.48.